The first-order valence-corrected chi connectivity index (χ1v) is 11.4. The van der Waals surface area contributed by atoms with Gasteiger partial charge in [0.25, 0.3) is 0 Å². The van der Waals surface area contributed by atoms with Crippen molar-refractivity contribution in [1.82, 2.24) is 9.97 Å². The van der Waals surface area contributed by atoms with Gasteiger partial charge in [0, 0.05) is 23.9 Å². The van der Waals surface area contributed by atoms with Crippen molar-refractivity contribution >= 4 is 17.8 Å². The summed E-state index contributed by atoms with van der Waals surface area (Å²) >= 11 is 0. The van der Waals surface area contributed by atoms with E-state index in [1.54, 1.807) is 30.3 Å². The largest absolute Gasteiger partial charge is 0.452 e. The van der Waals surface area contributed by atoms with Gasteiger partial charge < -0.3 is 14.2 Å². The number of hydrogen-bond acceptors (Lipinski definition) is 7. The average Bonchev–Trinajstić information content (AvgIpc) is 3.22. The lowest BCUT2D eigenvalue weighted by atomic mass is 9.84. The second-order valence-electron chi connectivity index (χ2n) is 8.53. The topological polar surface area (TPSA) is 87.6 Å². The van der Waals surface area contributed by atoms with Crippen molar-refractivity contribution in [1.29, 1.82) is 0 Å². The minimum atomic E-state index is -1.61. The van der Waals surface area contributed by atoms with Gasteiger partial charge in [0.1, 0.15) is 17.2 Å². The van der Waals surface area contributed by atoms with E-state index in [-0.39, 0.29) is 40.8 Å². The van der Waals surface area contributed by atoms with Crippen LogP contribution in [0.5, 0.6) is 23.3 Å². The molecule has 0 saturated carbocycles. The number of carbonyl (C=O) groups is 2. The maximum absolute atomic E-state index is 13.7. The summed E-state index contributed by atoms with van der Waals surface area (Å²) in [5.41, 5.74) is 1.23. The van der Waals surface area contributed by atoms with E-state index in [9.17, 15) is 22.8 Å². The molecule has 1 aromatic heterocycles. The molecule has 0 amide bonds. The second-order valence-corrected chi connectivity index (χ2v) is 8.53. The van der Waals surface area contributed by atoms with Gasteiger partial charge in [-0.15, -0.1) is 0 Å². The number of ether oxygens (including phenoxy) is 3. The van der Waals surface area contributed by atoms with Crippen molar-refractivity contribution in [3.8, 4) is 23.3 Å². The molecule has 1 atom stereocenters. The van der Waals surface area contributed by atoms with Gasteiger partial charge in [-0.3, -0.25) is 9.59 Å². The quantitative estimate of drug-likeness (QED) is 0.148. The first kappa shape index (κ1) is 23.4. The molecule has 3 aromatic carbocycles. The van der Waals surface area contributed by atoms with Gasteiger partial charge in [0.2, 0.25) is 5.78 Å². The molecule has 38 heavy (non-hydrogen) atoms. The van der Waals surface area contributed by atoms with Gasteiger partial charge >= 0.3 is 12.0 Å². The summed E-state index contributed by atoms with van der Waals surface area (Å²) in [5.74, 6) is -5.38. The molecule has 0 aliphatic carbocycles. The van der Waals surface area contributed by atoms with Crippen LogP contribution in [0.1, 0.15) is 39.4 Å². The van der Waals surface area contributed by atoms with Crippen LogP contribution in [-0.2, 0) is 4.79 Å². The predicted octanol–water partition coefficient (Wildman–Crippen LogP) is 5.74. The SMILES string of the molecule is O=C1C[C@@H](c2cccc(Oc3ncccn3)c2)c2c(ccc3c2O/C(=C\c2cc(F)c(F)c(F)c2)C3=O)O1. The van der Waals surface area contributed by atoms with E-state index in [2.05, 4.69) is 9.97 Å². The van der Waals surface area contributed by atoms with Gasteiger partial charge in [-0.2, -0.15) is 0 Å². The van der Waals surface area contributed by atoms with Gasteiger partial charge in [-0.05, 0) is 59.7 Å². The molecular weight excluding hydrogens is 501 g/mol. The monoisotopic (exact) mass is 516 g/mol. The van der Waals surface area contributed by atoms with E-state index in [1.807, 2.05) is 0 Å². The highest BCUT2D eigenvalue weighted by atomic mass is 19.2. The van der Waals surface area contributed by atoms with Crippen molar-refractivity contribution in [2.24, 2.45) is 0 Å². The zero-order chi connectivity index (χ0) is 26.4. The Labute approximate surface area is 213 Å². The molecule has 3 heterocycles. The van der Waals surface area contributed by atoms with E-state index < -0.39 is 35.1 Å². The fourth-order valence-corrected chi connectivity index (χ4v) is 4.44. The zero-order valence-corrected chi connectivity index (χ0v) is 19.3. The van der Waals surface area contributed by atoms with Gasteiger partial charge in [-0.1, -0.05) is 12.1 Å². The van der Waals surface area contributed by atoms with Crippen LogP contribution in [0, 0.1) is 17.5 Å². The number of Topliss-reactive ketones (excluding diaryl/α,β-unsaturated/α-hetero) is 1. The smallest absolute Gasteiger partial charge is 0.321 e. The molecule has 0 N–H and O–H groups in total. The number of halogens is 3. The molecule has 6 rings (SSSR count). The Hall–Kier alpha value is -4.99. The molecule has 2 aliphatic heterocycles. The van der Waals surface area contributed by atoms with E-state index in [0.29, 0.717) is 16.9 Å². The minimum Gasteiger partial charge on any atom is -0.452 e. The number of hydrogen-bond donors (Lipinski definition) is 0. The Kier molecular flexibility index (Phi) is 5.64. The second kappa shape index (κ2) is 9.15. The van der Waals surface area contributed by atoms with Gasteiger partial charge in [-0.25, -0.2) is 23.1 Å². The van der Waals surface area contributed by atoms with E-state index in [0.717, 1.165) is 18.2 Å². The van der Waals surface area contributed by atoms with Crippen LogP contribution in [0.2, 0.25) is 0 Å². The number of fused-ring (bicyclic) bond motifs is 3. The molecule has 4 aromatic rings. The molecule has 10 heteroatoms. The lowest BCUT2D eigenvalue weighted by Gasteiger charge is -2.26. The number of aromatic nitrogens is 2. The number of rotatable bonds is 4. The summed E-state index contributed by atoms with van der Waals surface area (Å²) in [6.07, 6.45) is 4.16. The van der Waals surface area contributed by atoms with Gasteiger partial charge in [0.05, 0.1) is 12.0 Å². The van der Waals surface area contributed by atoms with Crippen LogP contribution in [0.25, 0.3) is 6.08 Å². The van der Waals surface area contributed by atoms with Crippen LogP contribution < -0.4 is 14.2 Å². The van der Waals surface area contributed by atoms with Crippen LogP contribution in [0.15, 0.2) is 72.8 Å². The molecule has 188 valence electrons. The molecule has 0 bridgehead atoms. The summed E-state index contributed by atoms with van der Waals surface area (Å²) in [6.45, 7) is 0. The van der Waals surface area contributed by atoms with Crippen molar-refractivity contribution in [2.75, 3.05) is 0 Å². The van der Waals surface area contributed by atoms with Gasteiger partial charge in [0.15, 0.2) is 23.2 Å². The molecular formula is C28H15F3N2O5. The zero-order valence-electron chi connectivity index (χ0n) is 19.3. The summed E-state index contributed by atoms with van der Waals surface area (Å²) in [5, 5.41) is 0. The van der Waals surface area contributed by atoms with E-state index in [1.165, 1.54) is 24.5 Å². The van der Waals surface area contributed by atoms with Crippen LogP contribution in [0.4, 0.5) is 13.2 Å². The Morgan fingerprint density at radius 1 is 0.921 bits per heavy atom. The molecule has 0 saturated heterocycles. The third-order valence-electron chi connectivity index (χ3n) is 6.10. The van der Waals surface area contributed by atoms with E-state index in [4.69, 9.17) is 14.2 Å². The Morgan fingerprint density at radius 2 is 1.68 bits per heavy atom. The normalized spacial score (nSPS) is 17.0. The summed E-state index contributed by atoms with van der Waals surface area (Å²) in [7, 11) is 0. The fraction of sp³-hybridized carbons (Fsp3) is 0.0714. The highest BCUT2D eigenvalue weighted by molar-refractivity contribution is 6.15. The molecule has 7 nitrogen and oxygen atoms in total. The number of nitrogens with zero attached hydrogens (tertiary/aromatic N) is 2. The van der Waals surface area contributed by atoms with Crippen molar-refractivity contribution in [2.45, 2.75) is 12.3 Å². The first-order valence-electron chi connectivity index (χ1n) is 11.4. The van der Waals surface area contributed by atoms with Crippen molar-refractivity contribution < 1.29 is 37.0 Å². The third kappa shape index (κ3) is 4.15. The minimum absolute atomic E-state index is 0.0419. The summed E-state index contributed by atoms with van der Waals surface area (Å²) in [6, 6.07) is 13.2. The van der Waals surface area contributed by atoms with E-state index >= 15 is 0 Å². The molecule has 0 radical (unpaired) electrons. The molecule has 0 unspecified atom stereocenters. The summed E-state index contributed by atoms with van der Waals surface area (Å²) < 4.78 is 57.8. The lowest BCUT2D eigenvalue weighted by Crippen LogP contribution is -2.21. The number of esters is 1. The standard InChI is InChI=1S/C28H15F3N2O5/c29-19-9-14(10-20(30)25(19)31)11-22-26(35)17-5-6-21-24(27(17)38-22)18(13-23(34)37-21)15-3-1-4-16(12-15)36-28-32-7-2-8-33-28/h1-12,18H,13H2/b22-11-/t18-/m0/s1. The highest BCUT2D eigenvalue weighted by Crippen LogP contribution is 2.49. The summed E-state index contributed by atoms with van der Waals surface area (Å²) in [4.78, 5) is 33.6. The molecule has 2 aliphatic rings. The van der Waals surface area contributed by atoms with Crippen LogP contribution in [-0.4, -0.2) is 21.7 Å². The molecule has 0 spiro atoms. The molecule has 0 fully saturated rings. The van der Waals surface area contributed by atoms with Crippen molar-refractivity contribution in [3.63, 3.8) is 0 Å². The third-order valence-corrected chi connectivity index (χ3v) is 6.10. The lowest BCUT2D eigenvalue weighted by molar-refractivity contribution is -0.135. The fourth-order valence-electron chi connectivity index (χ4n) is 4.44. The first-order chi connectivity index (χ1) is 18.4. The van der Waals surface area contributed by atoms with Crippen LogP contribution >= 0.6 is 0 Å². The average molecular weight is 516 g/mol. The number of benzene rings is 3. The maximum atomic E-state index is 13.7. The van der Waals surface area contributed by atoms with Crippen molar-refractivity contribution in [3.05, 3.63) is 112 Å². The number of ketones is 1. The maximum Gasteiger partial charge on any atom is 0.321 e. The Morgan fingerprint density at radius 3 is 2.45 bits per heavy atom. The number of allylic oxidation sites excluding steroid dienone is 1. The Balaban J connectivity index is 1.39. The Bertz CT molecular complexity index is 1630. The number of carbonyl (C=O) groups excluding carboxylic acids is 2. The predicted molar refractivity (Wildman–Crippen MR) is 126 cm³/mol. The van der Waals surface area contributed by atoms with Crippen LogP contribution in [0.3, 0.4) is 0 Å². The highest BCUT2D eigenvalue weighted by Gasteiger charge is 2.38.